The van der Waals surface area contributed by atoms with Gasteiger partial charge in [0, 0.05) is 48.1 Å². The second-order valence-corrected chi connectivity index (χ2v) is 12.6. The van der Waals surface area contributed by atoms with Crippen molar-refractivity contribution >= 4 is 29.1 Å². The van der Waals surface area contributed by atoms with Gasteiger partial charge in [0.2, 0.25) is 5.91 Å². The number of aromatic nitrogens is 2. The van der Waals surface area contributed by atoms with Gasteiger partial charge in [0.15, 0.2) is 5.69 Å². The number of likely N-dealkylation sites (tertiary alicyclic amines) is 1. The van der Waals surface area contributed by atoms with E-state index in [1.807, 2.05) is 16.8 Å². The van der Waals surface area contributed by atoms with Crippen LogP contribution in [0.15, 0.2) is 18.2 Å². The Labute approximate surface area is 227 Å². The fraction of sp³-hybridized carbons (Fsp3) is 0.621. The molecule has 202 valence electrons. The number of carbonyl (C=O) groups is 2. The van der Waals surface area contributed by atoms with Crippen molar-refractivity contribution in [3.63, 3.8) is 0 Å². The lowest BCUT2D eigenvalue weighted by atomic mass is 10.0. The van der Waals surface area contributed by atoms with Gasteiger partial charge >= 0.3 is 0 Å². The van der Waals surface area contributed by atoms with Crippen molar-refractivity contribution in [1.29, 1.82) is 0 Å². The van der Waals surface area contributed by atoms with E-state index in [1.54, 1.807) is 4.90 Å². The van der Waals surface area contributed by atoms with Gasteiger partial charge in [0.05, 0.1) is 12.1 Å². The molecule has 4 fully saturated rings. The number of carbonyl (C=O) groups excluding carboxylic acids is 2. The zero-order valence-electron chi connectivity index (χ0n) is 22.1. The molecule has 9 heteroatoms. The van der Waals surface area contributed by atoms with Crippen molar-refractivity contribution in [3.05, 3.63) is 45.7 Å². The molecule has 2 saturated heterocycles. The molecule has 4 atom stereocenters. The Morgan fingerprint density at radius 3 is 2.79 bits per heavy atom. The summed E-state index contributed by atoms with van der Waals surface area (Å²) >= 11 is 6.39. The number of piperidine rings is 1. The molecule has 5 aliphatic rings. The third-order valence-electron chi connectivity index (χ3n) is 9.92. The van der Waals surface area contributed by atoms with Gasteiger partial charge in [0.25, 0.3) is 5.91 Å². The maximum atomic E-state index is 14.1. The van der Waals surface area contributed by atoms with E-state index in [0.717, 1.165) is 59.9 Å². The van der Waals surface area contributed by atoms with Gasteiger partial charge in [-0.2, -0.15) is 5.10 Å². The number of nitrogens with zero attached hydrogens (tertiary/aromatic N) is 5. The second kappa shape index (κ2) is 8.70. The Balaban J connectivity index is 1.11. The fourth-order valence-corrected chi connectivity index (χ4v) is 7.65. The van der Waals surface area contributed by atoms with E-state index in [0.29, 0.717) is 49.4 Å². The van der Waals surface area contributed by atoms with E-state index in [2.05, 4.69) is 29.7 Å². The summed E-state index contributed by atoms with van der Waals surface area (Å²) in [5, 5.41) is 5.53. The molecular weight excluding hydrogens is 505 g/mol. The Kier molecular flexibility index (Phi) is 5.59. The Morgan fingerprint density at radius 1 is 1.21 bits per heavy atom. The van der Waals surface area contributed by atoms with Crippen LogP contribution in [0.1, 0.15) is 65.8 Å². The third-order valence-corrected chi connectivity index (χ3v) is 10.3. The van der Waals surface area contributed by atoms with Gasteiger partial charge in [-0.1, -0.05) is 24.6 Å². The van der Waals surface area contributed by atoms with Crippen LogP contribution in [0.5, 0.6) is 0 Å². The number of halogens is 2. The number of benzene rings is 1. The summed E-state index contributed by atoms with van der Waals surface area (Å²) in [5.74, 6) is 1.32. The molecule has 7 nitrogen and oxygen atoms in total. The van der Waals surface area contributed by atoms with Crippen molar-refractivity contribution in [1.82, 2.24) is 19.6 Å². The smallest absolute Gasteiger partial charge is 0.274 e. The summed E-state index contributed by atoms with van der Waals surface area (Å²) in [6.07, 6.45) is 3.08. The van der Waals surface area contributed by atoms with Crippen LogP contribution in [0.25, 0.3) is 0 Å². The van der Waals surface area contributed by atoms with Gasteiger partial charge in [-0.25, -0.2) is 4.39 Å². The molecule has 0 bridgehead atoms. The maximum absolute atomic E-state index is 14.1. The van der Waals surface area contributed by atoms with Crippen molar-refractivity contribution in [2.45, 2.75) is 70.1 Å². The van der Waals surface area contributed by atoms with Crippen molar-refractivity contribution in [2.24, 2.45) is 11.8 Å². The maximum Gasteiger partial charge on any atom is 0.274 e. The molecule has 3 aliphatic carbocycles. The Hall–Kier alpha value is -2.61. The van der Waals surface area contributed by atoms with Gasteiger partial charge in [-0.3, -0.25) is 14.3 Å². The van der Waals surface area contributed by atoms with E-state index >= 15 is 0 Å². The highest BCUT2D eigenvalue weighted by atomic mass is 35.5. The molecule has 1 spiro atoms. The SMILES string of the molecule is Cc1c(Cl)cccc1N1CCN(C(=O)Cn2nc(C(=O)N3CCC[C@@H](F)C3)c3c2C[C@H]2[C@@H](C)[C@@H]32)C2(CC2)C1. The quantitative estimate of drug-likeness (QED) is 0.584. The highest BCUT2D eigenvalue weighted by Gasteiger charge is 2.57. The Bertz CT molecular complexity index is 1320. The molecule has 2 amide bonds. The monoisotopic (exact) mass is 539 g/mol. The number of alkyl halides is 1. The predicted molar refractivity (Wildman–Crippen MR) is 143 cm³/mol. The first-order valence-corrected chi connectivity index (χ1v) is 14.5. The molecule has 2 aromatic rings. The normalized spacial score (nSPS) is 28.9. The minimum atomic E-state index is -0.971. The molecule has 0 radical (unpaired) electrons. The van der Waals surface area contributed by atoms with Crippen molar-refractivity contribution in [2.75, 3.05) is 37.6 Å². The first-order chi connectivity index (χ1) is 18.3. The van der Waals surface area contributed by atoms with Crippen LogP contribution in [0.3, 0.4) is 0 Å². The molecular formula is C29H35ClFN5O2. The van der Waals surface area contributed by atoms with Gasteiger partial charge < -0.3 is 14.7 Å². The summed E-state index contributed by atoms with van der Waals surface area (Å²) in [4.78, 5) is 33.3. The van der Waals surface area contributed by atoms with E-state index in [9.17, 15) is 14.0 Å². The van der Waals surface area contributed by atoms with Crippen LogP contribution < -0.4 is 4.90 Å². The highest BCUT2D eigenvalue weighted by molar-refractivity contribution is 6.31. The average Bonchev–Trinajstić information content (AvgIpc) is 3.68. The van der Waals surface area contributed by atoms with Crippen molar-refractivity contribution < 1.29 is 14.0 Å². The van der Waals surface area contributed by atoms with Crippen LogP contribution in [0, 0.1) is 18.8 Å². The molecule has 7 rings (SSSR count). The standard InChI is InChI=1S/C29H35ClFN5O2/c1-17-20-13-23-26(25(17)20)27(28(38)33-10-4-5-19(31)14-33)32-36(23)15-24(37)35-12-11-34(16-29(35)8-9-29)22-7-3-6-21(30)18(22)2/h3,6-7,17,19-20,25H,4-5,8-16H2,1-2H3/t17-,19-,20+,25-/m1/s1. The predicted octanol–water partition coefficient (Wildman–Crippen LogP) is 4.21. The summed E-state index contributed by atoms with van der Waals surface area (Å²) in [7, 11) is 0. The van der Waals surface area contributed by atoms with E-state index in [1.165, 1.54) is 0 Å². The molecule has 0 unspecified atom stereocenters. The third kappa shape index (κ3) is 3.77. The second-order valence-electron chi connectivity index (χ2n) is 12.2. The highest BCUT2D eigenvalue weighted by Crippen LogP contribution is 2.62. The zero-order valence-corrected chi connectivity index (χ0v) is 22.9. The van der Waals surface area contributed by atoms with Crippen LogP contribution in [0.2, 0.25) is 5.02 Å². The van der Waals surface area contributed by atoms with E-state index < -0.39 is 6.17 Å². The lowest BCUT2D eigenvalue weighted by Gasteiger charge is -2.43. The van der Waals surface area contributed by atoms with Gasteiger partial charge in [-0.05, 0) is 74.5 Å². The van der Waals surface area contributed by atoms with Crippen LogP contribution in [0.4, 0.5) is 10.1 Å². The van der Waals surface area contributed by atoms with E-state index in [4.69, 9.17) is 16.7 Å². The van der Waals surface area contributed by atoms with Crippen LogP contribution in [-0.4, -0.2) is 75.8 Å². The van der Waals surface area contributed by atoms with E-state index in [-0.39, 0.29) is 30.4 Å². The number of rotatable bonds is 4. The molecule has 2 saturated carbocycles. The van der Waals surface area contributed by atoms with Crippen LogP contribution in [-0.2, 0) is 17.8 Å². The topological polar surface area (TPSA) is 61.7 Å². The molecule has 0 N–H and O–H groups in total. The number of fused-ring (bicyclic) bond motifs is 3. The molecule has 1 aromatic carbocycles. The Morgan fingerprint density at radius 2 is 2.03 bits per heavy atom. The largest absolute Gasteiger partial charge is 0.367 e. The lowest BCUT2D eigenvalue weighted by Crippen LogP contribution is -2.58. The number of piperazine rings is 1. The molecule has 38 heavy (non-hydrogen) atoms. The molecule has 1 aromatic heterocycles. The first-order valence-electron chi connectivity index (χ1n) is 14.1. The number of hydrogen-bond acceptors (Lipinski definition) is 4. The summed E-state index contributed by atoms with van der Waals surface area (Å²) in [6.45, 7) is 7.38. The molecule has 3 heterocycles. The fourth-order valence-electron chi connectivity index (χ4n) is 7.48. The number of amides is 2. The summed E-state index contributed by atoms with van der Waals surface area (Å²) < 4.78 is 15.9. The number of anilines is 1. The molecule has 2 aliphatic heterocycles. The summed E-state index contributed by atoms with van der Waals surface area (Å²) in [6, 6.07) is 6.02. The number of hydrogen-bond donors (Lipinski definition) is 0. The minimum Gasteiger partial charge on any atom is -0.367 e. The first kappa shape index (κ1) is 24.4. The van der Waals surface area contributed by atoms with Gasteiger partial charge in [0.1, 0.15) is 12.7 Å². The minimum absolute atomic E-state index is 0.0738. The summed E-state index contributed by atoms with van der Waals surface area (Å²) in [5.41, 5.74) is 4.62. The zero-order chi connectivity index (χ0) is 26.3. The van der Waals surface area contributed by atoms with Crippen LogP contribution >= 0.6 is 11.6 Å². The van der Waals surface area contributed by atoms with Gasteiger partial charge in [-0.15, -0.1) is 0 Å². The lowest BCUT2D eigenvalue weighted by molar-refractivity contribution is -0.135. The average molecular weight is 540 g/mol. The van der Waals surface area contributed by atoms with Crippen molar-refractivity contribution in [3.8, 4) is 0 Å².